The average molecular weight is 398 g/mol. The van der Waals surface area contributed by atoms with Crippen LogP contribution in [0.15, 0.2) is 60.4 Å². The molecule has 0 saturated carbocycles. The first-order valence-corrected chi connectivity index (χ1v) is 10.7. The zero-order valence-electron chi connectivity index (χ0n) is 14.9. The van der Waals surface area contributed by atoms with E-state index in [0.29, 0.717) is 11.1 Å². The molecule has 144 valence electrons. The molecule has 2 fully saturated rings. The summed E-state index contributed by atoms with van der Waals surface area (Å²) in [5, 5.41) is 10.8. The summed E-state index contributed by atoms with van der Waals surface area (Å²) in [6.07, 6.45) is 3.34. The van der Waals surface area contributed by atoms with E-state index in [9.17, 15) is 23.1 Å². The van der Waals surface area contributed by atoms with Crippen LogP contribution in [0, 0.1) is 0 Å². The van der Waals surface area contributed by atoms with Gasteiger partial charge in [0, 0.05) is 24.0 Å². The van der Waals surface area contributed by atoms with Gasteiger partial charge in [0.15, 0.2) is 9.84 Å². The number of ketones is 1. The van der Waals surface area contributed by atoms with Crippen LogP contribution >= 0.6 is 0 Å². The maximum atomic E-state index is 12.9. The highest BCUT2D eigenvalue weighted by atomic mass is 32.2. The van der Waals surface area contributed by atoms with Crippen LogP contribution in [0.2, 0.25) is 0 Å². The molecule has 2 atom stereocenters. The predicted octanol–water partition coefficient (Wildman–Crippen LogP) is 1.69. The lowest BCUT2D eigenvalue weighted by Crippen LogP contribution is -2.40. The van der Waals surface area contributed by atoms with Crippen molar-refractivity contribution in [3.8, 4) is 0 Å². The van der Waals surface area contributed by atoms with Crippen LogP contribution in [0.1, 0.15) is 23.6 Å². The van der Waals surface area contributed by atoms with Gasteiger partial charge in [0.05, 0.1) is 23.1 Å². The van der Waals surface area contributed by atoms with Crippen molar-refractivity contribution >= 4 is 27.3 Å². The van der Waals surface area contributed by atoms with Gasteiger partial charge in [-0.1, -0.05) is 36.4 Å². The molecule has 2 aromatic rings. The zero-order chi connectivity index (χ0) is 19.9. The monoisotopic (exact) mass is 398 g/mol. The van der Waals surface area contributed by atoms with Gasteiger partial charge in [0.1, 0.15) is 5.76 Å². The second kappa shape index (κ2) is 6.87. The Labute approximate surface area is 162 Å². The van der Waals surface area contributed by atoms with Crippen molar-refractivity contribution in [2.45, 2.75) is 18.5 Å². The number of pyridine rings is 1. The standard InChI is InChI=1S/C20H18N2O5S/c23-18(13-5-2-1-3-6-13)16-17(14-7-4-9-21-11-14)22(20(25)19(16)24)15-8-10-28(26,27)12-15/h1-7,9,11,15,17,23H,8,10,12H2/t15-,17+/m0/s1. The van der Waals surface area contributed by atoms with Crippen LogP contribution in [0.5, 0.6) is 0 Å². The summed E-state index contributed by atoms with van der Waals surface area (Å²) in [6, 6.07) is 10.4. The highest BCUT2D eigenvalue weighted by Gasteiger charge is 2.50. The lowest BCUT2D eigenvalue weighted by molar-refractivity contribution is -0.141. The fourth-order valence-electron chi connectivity index (χ4n) is 3.84. The van der Waals surface area contributed by atoms with Crippen LogP contribution < -0.4 is 0 Å². The van der Waals surface area contributed by atoms with Crippen LogP contribution in [-0.4, -0.2) is 52.6 Å². The summed E-state index contributed by atoms with van der Waals surface area (Å²) in [5.74, 6) is -2.12. The molecule has 1 aromatic carbocycles. The van der Waals surface area contributed by atoms with Crippen molar-refractivity contribution in [2.24, 2.45) is 0 Å². The third-order valence-electron chi connectivity index (χ3n) is 5.13. The SMILES string of the molecule is O=C1C(=O)N([C@H]2CCS(=O)(=O)C2)[C@H](c2cccnc2)C1=C(O)c1ccccc1. The largest absolute Gasteiger partial charge is 0.507 e. The first kappa shape index (κ1) is 18.4. The van der Waals surface area contributed by atoms with E-state index in [1.54, 1.807) is 48.7 Å². The van der Waals surface area contributed by atoms with Gasteiger partial charge in [-0.3, -0.25) is 14.6 Å². The number of hydrogen-bond donors (Lipinski definition) is 1. The first-order valence-electron chi connectivity index (χ1n) is 8.85. The lowest BCUT2D eigenvalue weighted by atomic mass is 9.96. The Morgan fingerprint density at radius 3 is 2.46 bits per heavy atom. The third-order valence-corrected chi connectivity index (χ3v) is 6.88. The number of aliphatic hydroxyl groups is 1. The highest BCUT2D eigenvalue weighted by molar-refractivity contribution is 7.91. The van der Waals surface area contributed by atoms with Gasteiger partial charge < -0.3 is 10.0 Å². The lowest BCUT2D eigenvalue weighted by Gasteiger charge is -2.29. The second-order valence-corrected chi connectivity index (χ2v) is 9.14. The minimum Gasteiger partial charge on any atom is -0.507 e. The van der Waals surface area contributed by atoms with Gasteiger partial charge in [-0.2, -0.15) is 0 Å². The zero-order valence-corrected chi connectivity index (χ0v) is 15.7. The van der Waals surface area contributed by atoms with Crippen molar-refractivity contribution in [3.05, 3.63) is 71.6 Å². The maximum Gasteiger partial charge on any atom is 0.295 e. The van der Waals surface area contributed by atoms with E-state index < -0.39 is 33.6 Å². The number of benzene rings is 1. The Hall–Kier alpha value is -3.00. The number of rotatable bonds is 3. The van der Waals surface area contributed by atoms with Crippen molar-refractivity contribution in [1.82, 2.24) is 9.88 Å². The molecule has 8 heteroatoms. The summed E-state index contributed by atoms with van der Waals surface area (Å²) < 4.78 is 23.9. The molecular formula is C20H18N2O5S. The summed E-state index contributed by atoms with van der Waals surface area (Å²) in [7, 11) is -3.27. The van der Waals surface area contributed by atoms with E-state index in [2.05, 4.69) is 4.98 Å². The fourth-order valence-corrected chi connectivity index (χ4v) is 5.55. The number of hydrogen-bond acceptors (Lipinski definition) is 6. The molecule has 28 heavy (non-hydrogen) atoms. The van der Waals surface area contributed by atoms with Gasteiger partial charge in [-0.05, 0) is 18.1 Å². The molecule has 0 unspecified atom stereocenters. The van der Waals surface area contributed by atoms with E-state index in [1.165, 1.54) is 11.1 Å². The third kappa shape index (κ3) is 3.09. The smallest absolute Gasteiger partial charge is 0.295 e. The minimum atomic E-state index is -3.27. The minimum absolute atomic E-state index is 0.0287. The molecule has 3 heterocycles. The van der Waals surface area contributed by atoms with E-state index >= 15 is 0 Å². The van der Waals surface area contributed by atoms with Gasteiger partial charge in [-0.15, -0.1) is 0 Å². The van der Waals surface area contributed by atoms with Crippen LogP contribution in [0.25, 0.3) is 5.76 Å². The molecule has 1 amide bonds. The van der Waals surface area contributed by atoms with Gasteiger partial charge in [0.2, 0.25) is 0 Å². The number of likely N-dealkylation sites (tertiary alicyclic amines) is 1. The fraction of sp³-hybridized carbons (Fsp3) is 0.250. The predicted molar refractivity (Wildman–Crippen MR) is 102 cm³/mol. The normalized spacial score (nSPS) is 25.9. The molecule has 1 N–H and O–H groups in total. The summed E-state index contributed by atoms with van der Waals surface area (Å²) in [5.41, 5.74) is 0.908. The molecule has 2 aliphatic heterocycles. The molecule has 0 radical (unpaired) electrons. The molecule has 2 aliphatic rings. The first-order chi connectivity index (χ1) is 13.4. The number of amides is 1. The van der Waals surface area contributed by atoms with Gasteiger partial charge in [0.25, 0.3) is 11.7 Å². The van der Waals surface area contributed by atoms with E-state index in [4.69, 9.17) is 0 Å². The molecule has 4 rings (SSSR count). The van der Waals surface area contributed by atoms with Crippen molar-refractivity contribution in [2.75, 3.05) is 11.5 Å². The quantitative estimate of drug-likeness (QED) is 0.479. The molecule has 0 aliphatic carbocycles. The van der Waals surface area contributed by atoms with Crippen molar-refractivity contribution in [3.63, 3.8) is 0 Å². The van der Waals surface area contributed by atoms with E-state index in [0.717, 1.165) is 0 Å². The number of carbonyl (C=O) groups is 2. The Kier molecular flexibility index (Phi) is 4.50. The van der Waals surface area contributed by atoms with Crippen LogP contribution in [0.4, 0.5) is 0 Å². The van der Waals surface area contributed by atoms with Crippen LogP contribution in [-0.2, 0) is 19.4 Å². The summed E-state index contributed by atoms with van der Waals surface area (Å²) >= 11 is 0. The maximum absolute atomic E-state index is 12.9. The molecule has 0 spiro atoms. The molecule has 1 aromatic heterocycles. The van der Waals surface area contributed by atoms with E-state index in [-0.39, 0.29) is 29.3 Å². The molecular weight excluding hydrogens is 380 g/mol. The highest BCUT2D eigenvalue weighted by Crippen LogP contribution is 2.41. The second-order valence-electron chi connectivity index (χ2n) is 6.92. The molecule has 2 saturated heterocycles. The number of nitrogens with zero attached hydrogens (tertiary/aromatic N) is 2. The summed E-state index contributed by atoms with van der Waals surface area (Å²) in [6.45, 7) is 0. The Morgan fingerprint density at radius 1 is 1.11 bits per heavy atom. The molecule has 0 bridgehead atoms. The van der Waals surface area contributed by atoms with Crippen LogP contribution in [0.3, 0.4) is 0 Å². The van der Waals surface area contributed by atoms with E-state index in [1.807, 2.05) is 0 Å². The Balaban J connectivity index is 1.88. The number of aromatic nitrogens is 1. The Morgan fingerprint density at radius 2 is 1.86 bits per heavy atom. The summed E-state index contributed by atoms with van der Waals surface area (Å²) in [4.78, 5) is 31.1. The number of aliphatic hydroxyl groups excluding tert-OH is 1. The van der Waals surface area contributed by atoms with Gasteiger partial charge >= 0.3 is 0 Å². The number of Topliss-reactive ketones (excluding diaryl/α,β-unsaturated/α-hetero) is 1. The van der Waals surface area contributed by atoms with Crippen molar-refractivity contribution in [1.29, 1.82) is 0 Å². The topological polar surface area (TPSA) is 105 Å². The number of carbonyl (C=O) groups excluding carboxylic acids is 2. The molecule has 7 nitrogen and oxygen atoms in total. The number of sulfone groups is 1. The Bertz CT molecular complexity index is 1060. The van der Waals surface area contributed by atoms with Crippen molar-refractivity contribution < 1.29 is 23.1 Å². The average Bonchev–Trinajstić information content (AvgIpc) is 3.19. The van der Waals surface area contributed by atoms with Gasteiger partial charge in [-0.25, -0.2) is 8.42 Å².